The van der Waals surface area contributed by atoms with Gasteiger partial charge in [-0.15, -0.1) is 10.2 Å². The van der Waals surface area contributed by atoms with Crippen molar-refractivity contribution >= 4 is 0 Å². The van der Waals surface area contributed by atoms with Crippen molar-refractivity contribution in [1.82, 2.24) is 20.6 Å². The number of tetrazole rings is 1. The van der Waals surface area contributed by atoms with E-state index in [-0.39, 0.29) is 0 Å². The standard InChI is InChI=1S/C11H14N4/c1-2-3-4-9-5-7-10(8-6-9)11-12-14-15-13-11/h5-8H,2-4H2,1H3,(H,12,13,14,15). The summed E-state index contributed by atoms with van der Waals surface area (Å²) in [5.74, 6) is 0.650. The second kappa shape index (κ2) is 4.68. The van der Waals surface area contributed by atoms with E-state index in [1.807, 2.05) is 12.1 Å². The quantitative estimate of drug-likeness (QED) is 0.827. The normalized spacial score (nSPS) is 10.5. The maximum Gasteiger partial charge on any atom is 0.204 e. The van der Waals surface area contributed by atoms with Crippen molar-refractivity contribution in [1.29, 1.82) is 0 Å². The maximum atomic E-state index is 3.93. The molecule has 0 aliphatic carbocycles. The number of aryl methyl sites for hydroxylation is 1. The lowest BCUT2D eigenvalue weighted by Gasteiger charge is -2.00. The van der Waals surface area contributed by atoms with Crippen LogP contribution in [0.2, 0.25) is 0 Å². The lowest BCUT2D eigenvalue weighted by Crippen LogP contribution is -1.86. The molecule has 0 spiro atoms. The molecule has 0 atom stereocenters. The number of nitrogens with zero attached hydrogens (tertiary/aromatic N) is 3. The molecule has 1 N–H and O–H groups in total. The molecule has 0 unspecified atom stereocenters. The molecule has 0 fully saturated rings. The van der Waals surface area contributed by atoms with E-state index >= 15 is 0 Å². The highest BCUT2D eigenvalue weighted by atomic mass is 15.5. The van der Waals surface area contributed by atoms with E-state index in [1.54, 1.807) is 0 Å². The van der Waals surface area contributed by atoms with Crippen LogP contribution in [0.1, 0.15) is 25.3 Å². The Labute approximate surface area is 88.7 Å². The first kappa shape index (κ1) is 9.83. The van der Waals surface area contributed by atoms with Crippen molar-refractivity contribution < 1.29 is 0 Å². The summed E-state index contributed by atoms with van der Waals surface area (Å²) in [5.41, 5.74) is 2.37. The van der Waals surface area contributed by atoms with E-state index in [4.69, 9.17) is 0 Å². The largest absolute Gasteiger partial charge is 0.204 e. The van der Waals surface area contributed by atoms with E-state index < -0.39 is 0 Å². The van der Waals surface area contributed by atoms with Gasteiger partial charge >= 0.3 is 0 Å². The molecule has 1 aromatic heterocycles. The minimum absolute atomic E-state index is 0.650. The van der Waals surface area contributed by atoms with Crippen LogP contribution in [0.25, 0.3) is 11.4 Å². The highest BCUT2D eigenvalue weighted by molar-refractivity contribution is 5.54. The smallest absolute Gasteiger partial charge is 0.177 e. The number of nitrogens with one attached hydrogen (secondary N) is 1. The Hall–Kier alpha value is -1.71. The molecule has 0 amide bonds. The average Bonchev–Trinajstić information content (AvgIpc) is 2.80. The number of hydrogen-bond acceptors (Lipinski definition) is 3. The van der Waals surface area contributed by atoms with E-state index in [2.05, 4.69) is 39.7 Å². The van der Waals surface area contributed by atoms with Crippen LogP contribution in [0.3, 0.4) is 0 Å². The molecule has 0 bridgehead atoms. The average molecular weight is 202 g/mol. The van der Waals surface area contributed by atoms with Crippen molar-refractivity contribution in [2.45, 2.75) is 26.2 Å². The SMILES string of the molecule is CCCCc1ccc(-c2nn[nH]n2)cc1. The van der Waals surface area contributed by atoms with Crippen LogP contribution in [-0.4, -0.2) is 20.6 Å². The van der Waals surface area contributed by atoms with Gasteiger partial charge in [0.2, 0.25) is 5.82 Å². The lowest BCUT2D eigenvalue weighted by atomic mass is 10.1. The van der Waals surface area contributed by atoms with Crippen molar-refractivity contribution in [3.8, 4) is 11.4 Å². The van der Waals surface area contributed by atoms with Gasteiger partial charge in [0, 0.05) is 5.56 Å². The fourth-order valence-electron chi connectivity index (χ4n) is 1.49. The number of aromatic nitrogens is 4. The Morgan fingerprint density at radius 1 is 1.20 bits per heavy atom. The maximum absolute atomic E-state index is 3.93. The molecule has 1 heterocycles. The Bertz CT molecular complexity index is 391. The first-order valence-electron chi connectivity index (χ1n) is 5.23. The number of unbranched alkanes of at least 4 members (excludes halogenated alkanes) is 1. The highest BCUT2D eigenvalue weighted by Gasteiger charge is 2.01. The van der Waals surface area contributed by atoms with Crippen molar-refractivity contribution in [3.05, 3.63) is 29.8 Å². The monoisotopic (exact) mass is 202 g/mol. The fourth-order valence-corrected chi connectivity index (χ4v) is 1.49. The molecule has 1 aromatic carbocycles. The summed E-state index contributed by atoms with van der Waals surface area (Å²) in [6.45, 7) is 2.20. The molecule has 2 aromatic rings. The second-order valence-electron chi connectivity index (χ2n) is 3.54. The first-order valence-corrected chi connectivity index (χ1v) is 5.23. The Kier molecular flexibility index (Phi) is 3.07. The summed E-state index contributed by atoms with van der Waals surface area (Å²) in [4.78, 5) is 0. The van der Waals surface area contributed by atoms with Gasteiger partial charge in [0.05, 0.1) is 0 Å². The van der Waals surface area contributed by atoms with E-state index in [9.17, 15) is 0 Å². The molecule has 0 aliphatic heterocycles. The number of H-pyrrole nitrogens is 1. The van der Waals surface area contributed by atoms with Gasteiger partial charge in [-0.05, 0) is 23.6 Å². The van der Waals surface area contributed by atoms with Gasteiger partial charge in [-0.2, -0.15) is 5.21 Å². The third kappa shape index (κ3) is 2.40. The Morgan fingerprint density at radius 2 is 2.00 bits per heavy atom. The minimum Gasteiger partial charge on any atom is -0.177 e. The molecule has 2 rings (SSSR count). The number of hydrogen-bond donors (Lipinski definition) is 1. The van der Waals surface area contributed by atoms with Crippen LogP contribution in [0.4, 0.5) is 0 Å². The summed E-state index contributed by atoms with van der Waals surface area (Å²) in [5, 5.41) is 13.8. The summed E-state index contributed by atoms with van der Waals surface area (Å²) < 4.78 is 0. The first-order chi connectivity index (χ1) is 7.40. The topological polar surface area (TPSA) is 54.5 Å². The third-order valence-corrected chi connectivity index (χ3v) is 2.38. The minimum atomic E-state index is 0.650. The van der Waals surface area contributed by atoms with Gasteiger partial charge in [0.15, 0.2) is 0 Å². The molecule has 4 heteroatoms. The molecular weight excluding hydrogens is 188 g/mol. The van der Waals surface area contributed by atoms with Crippen molar-refractivity contribution in [3.63, 3.8) is 0 Å². The predicted octanol–water partition coefficient (Wildman–Crippen LogP) is 2.21. The van der Waals surface area contributed by atoms with Crippen LogP contribution >= 0.6 is 0 Å². The predicted molar refractivity (Wildman–Crippen MR) is 58.2 cm³/mol. The summed E-state index contributed by atoms with van der Waals surface area (Å²) in [6.07, 6.45) is 3.61. The van der Waals surface area contributed by atoms with Gasteiger partial charge in [-0.3, -0.25) is 0 Å². The summed E-state index contributed by atoms with van der Waals surface area (Å²) >= 11 is 0. The summed E-state index contributed by atoms with van der Waals surface area (Å²) in [7, 11) is 0. The molecule has 15 heavy (non-hydrogen) atoms. The van der Waals surface area contributed by atoms with Crippen molar-refractivity contribution in [2.75, 3.05) is 0 Å². The van der Waals surface area contributed by atoms with E-state index in [0.29, 0.717) is 5.82 Å². The number of benzene rings is 1. The molecule has 0 aliphatic rings. The lowest BCUT2D eigenvalue weighted by molar-refractivity contribution is 0.795. The van der Waals surface area contributed by atoms with E-state index in [1.165, 1.54) is 18.4 Å². The molecule has 0 saturated carbocycles. The molecule has 0 saturated heterocycles. The van der Waals surface area contributed by atoms with Crippen LogP contribution in [-0.2, 0) is 6.42 Å². The Balaban J connectivity index is 2.11. The zero-order valence-corrected chi connectivity index (χ0v) is 8.77. The van der Waals surface area contributed by atoms with E-state index in [0.717, 1.165) is 12.0 Å². The van der Waals surface area contributed by atoms with Gasteiger partial charge in [-0.25, -0.2) is 0 Å². The van der Waals surface area contributed by atoms with Gasteiger partial charge in [0.1, 0.15) is 0 Å². The zero-order valence-electron chi connectivity index (χ0n) is 8.77. The molecule has 0 radical (unpaired) electrons. The molecular formula is C11H14N4. The van der Waals surface area contributed by atoms with Gasteiger partial charge < -0.3 is 0 Å². The van der Waals surface area contributed by atoms with Gasteiger partial charge in [-0.1, -0.05) is 37.6 Å². The van der Waals surface area contributed by atoms with Crippen LogP contribution in [0, 0.1) is 0 Å². The van der Waals surface area contributed by atoms with Crippen LogP contribution in [0.15, 0.2) is 24.3 Å². The van der Waals surface area contributed by atoms with Crippen molar-refractivity contribution in [2.24, 2.45) is 0 Å². The van der Waals surface area contributed by atoms with Crippen LogP contribution < -0.4 is 0 Å². The second-order valence-corrected chi connectivity index (χ2v) is 3.54. The highest BCUT2D eigenvalue weighted by Crippen LogP contribution is 2.14. The number of aromatic amines is 1. The molecule has 78 valence electrons. The van der Waals surface area contributed by atoms with Gasteiger partial charge in [0.25, 0.3) is 0 Å². The third-order valence-electron chi connectivity index (χ3n) is 2.38. The zero-order chi connectivity index (χ0) is 10.5. The van der Waals surface area contributed by atoms with Crippen LogP contribution in [0.5, 0.6) is 0 Å². The molecule has 4 nitrogen and oxygen atoms in total. The summed E-state index contributed by atoms with van der Waals surface area (Å²) in [6, 6.07) is 8.33. The fraction of sp³-hybridized carbons (Fsp3) is 0.364. The number of rotatable bonds is 4. The Morgan fingerprint density at radius 3 is 2.60 bits per heavy atom.